The third-order valence-electron chi connectivity index (χ3n) is 5.07. The fourth-order valence-corrected chi connectivity index (χ4v) is 3.31. The van der Waals surface area contributed by atoms with Gasteiger partial charge in [-0.15, -0.1) is 0 Å². The highest BCUT2D eigenvalue weighted by Gasteiger charge is 2.43. The highest BCUT2D eigenvalue weighted by Crippen LogP contribution is 2.25. The Labute approximate surface area is 181 Å². The van der Waals surface area contributed by atoms with Gasteiger partial charge in [-0.05, 0) is 24.0 Å². The quantitative estimate of drug-likeness (QED) is 0.447. The number of alkyl carbamates (subject to hydrolysis) is 1. The number of hydrogen-bond acceptors (Lipinski definition) is 7. The summed E-state index contributed by atoms with van der Waals surface area (Å²) in [6.07, 6.45) is -5.49. The van der Waals surface area contributed by atoms with Gasteiger partial charge in [0, 0.05) is 6.54 Å². The molecule has 0 aromatic heterocycles. The molecule has 0 aliphatic carbocycles. The second-order valence-electron chi connectivity index (χ2n) is 7.44. The van der Waals surface area contributed by atoms with E-state index >= 15 is 0 Å². The van der Waals surface area contributed by atoms with Crippen LogP contribution in [0.3, 0.4) is 0 Å². The zero-order chi connectivity index (χ0) is 22.1. The predicted molar refractivity (Wildman–Crippen MR) is 112 cm³/mol. The Kier molecular flexibility index (Phi) is 8.81. The zero-order valence-electron chi connectivity index (χ0n) is 17.2. The molecule has 0 bridgehead atoms. The van der Waals surface area contributed by atoms with Crippen LogP contribution in [0, 0.1) is 0 Å². The van der Waals surface area contributed by atoms with Gasteiger partial charge in [0.25, 0.3) is 0 Å². The van der Waals surface area contributed by atoms with Crippen LogP contribution < -0.4 is 5.32 Å². The predicted octanol–water partition coefficient (Wildman–Crippen LogP) is 1.72. The van der Waals surface area contributed by atoms with Gasteiger partial charge in [0.15, 0.2) is 6.29 Å². The van der Waals surface area contributed by atoms with Crippen LogP contribution in [0.4, 0.5) is 4.79 Å². The van der Waals surface area contributed by atoms with Crippen LogP contribution in [0.1, 0.15) is 24.0 Å². The summed E-state index contributed by atoms with van der Waals surface area (Å²) in [4.78, 5) is 11.8. The number of carbonyl (C=O) groups excluding carboxylic acids is 1. The first-order chi connectivity index (χ1) is 15.0. The summed E-state index contributed by atoms with van der Waals surface area (Å²) in [6.45, 7) is 0.697. The van der Waals surface area contributed by atoms with Crippen molar-refractivity contribution in [3.05, 3.63) is 71.8 Å². The number of amides is 1. The summed E-state index contributed by atoms with van der Waals surface area (Å²) in [7, 11) is 0. The number of benzene rings is 2. The number of hydrogen-bond donors (Lipinski definition) is 4. The average Bonchev–Trinajstić information content (AvgIpc) is 2.81. The summed E-state index contributed by atoms with van der Waals surface area (Å²) >= 11 is 0. The molecule has 1 heterocycles. The van der Waals surface area contributed by atoms with Crippen molar-refractivity contribution < 1.29 is 34.3 Å². The summed E-state index contributed by atoms with van der Waals surface area (Å²) in [5, 5.41) is 33.2. The number of carbonyl (C=O) groups is 1. The van der Waals surface area contributed by atoms with Crippen molar-refractivity contribution in [2.75, 3.05) is 6.54 Å². The first-order valence-corrected chi connectivity index (χ1v) is 10.3. The van der Waals surface area contributed by atoms with Gasteiger partial charge in [0.1, 0.15) is 24.9 Å². The van der Waals surface area contributed by atoms with Gasteiger partial charge in [-0.1, -0.05) is 60.7 Å². The lowest BCUT2D eigenvalue weighted by atomic mass is 9.96. The van der Waals surface area contributed by atoms with Crippen molar-refractivity contribution >= 4 is 6.09 Å². The van der Waals surface area contributed by atoms with E-state index in [1.807, 2.05) is 60.7 Å². The first kappa shape index (κ1) is 23.2. The van der Waals surface area contributed by atoms with Crippen molar-refractivity contribution in [1.82, 2.24) is 5.32 Å². The van der Waals surface area contributed by atoms with Gasteiger partial charge in [-0.2, -0.15) is 0 Å². The highest BCUT2D eigenvalue weighted by molar-refractivity contribution is 5.67. The number of nitrogens with one attached hydrogen (secondary N) is 1. The largest absolute Gasteiger partial charge is 0.445 e. The summed E-state index contributed by atoms with van der Waals surface area (Å²) in [5.41, 5.74) is 1.79. The normalized spacial score (nSPS) is 25.7. The minimum absolute atomic E-state index is 0.182. The fourth-order valence-electron chi connectivity index (χ4n) is 3.31. The highest BCUT2D eigenvalue weighted by atomic mass is 16.7. The van der Waals surface area contributed by atoms with Crippen molar-refractivity contribution in [3.63, 3.8) is 0 Å². The lowest BCUT2D eigenvalue weighted by molar-refractivity contribution is -0.300. The van der Waals surface area contributed by atoms with E-state index in [4.69, 9.17) is 14.2 Å². The number of aliphatic hydroxyl groups excluding tert-OH is 3. The molecule has 2 aromatic carbocycles. The standard InChI is InChI=1S/C23H29NO7/c25-19-18(12-7-13-24-23(28)30-15-17-10-5-2-6-11-17)31-22(21(27)20(19)26)29-14-16-8-3-1-4-9-16/h1-6,8-11,18-22,25-27H,7,12-15H2,(H,24,28)/t18-,19-,20+,21+,22+/m1/s1. The molecule has 5 atom stereocenters. The van der Waals surface area contributed by atoms with Gasteiger partial charge >= 0.3 is 6.09 Å². The molecule has 1 aliphatic heterocycles. The molecule has 1 amide bonds. The molecule has 31 heavy (non-hydrogen) atoms. The number of ether oxygens (including phenoxy) is 3. The molecule has 8 nitrogen and oxygen atoms in total. The van der Waals surface area contributed by atoms with E-state index in [0.717, 1.165) is 11.1 Å². The molecule has 1 fully saturated rings. The van der Waals surface area contributed by atoms with Crippen molar-refractivity contribution in [2.24, 2.45) is 0 Å². The molecule has 0 radical (unpaired) electrons. The maximum Gasteiger partial charge on any atom is 0.407 e. The molecular formula is C23H29NO7. The molecule has 1 saturated heterocycles. The molecule has 0 unspecified atom stereocenters. The Bertz CT molecular complexity index is 789. The Morgan fingerprint density at radius 2 is 1.48 bits per heavy atom. The van der Waals surface area contributed by atoms with Gasteiger partial charge in [-0.25, -0.2) is 4.79 Å². The van der Waals surface area contributed by atoms with Crippen LogP contribution in [0.15, 0.2) is 60.7 Å². The van der Waals surface area contributed by atoms with E-state index in [9.17, 15) is 20.1 Å². The molecule has 1 aliphatic rings. The number of aliphatic hydroxyl groups is 3. The van der Waals surface area contributed by atoms with E-state index in [1.165, 1.54) is 0 Å². The lowest BCUT2D eigenvalue weighted by Gasteiger charge is -2.40. The van der Waals surface area contributed by atoms with Crippen molar-refractivity contribution in [2.45, 2.75) is 56.8 Å². The fraction of sp³-hybridized carbons (Fsp3) is 0.435. The van der Waals surface area contributed by atoms with Gasteiger partial charge in [-0.3, -0.25) is 0 Å². The van der Waals surface area contributed by atoms with Crippen molar-refractivity contribution in [3.8, 4) is 0 Å². The van der Waals surface area contributed by atoms with Crippen LogP contribution in [0.5, 0.6) is 0 Å². The number of rotatable bonds is 9. The van der Waals surface area contributed by atoms with E-state index in [-0.39, 0.29) is 13.2 Å². The third-order valence-corrected chi connectivity index (χ3v) is 5.07. The molecular weight excluding hydrogens is 402 g/mol. The molecule has 0 saturated carbocycles. The summed E-state index contributed by atoms with van der Waals surface area (Å²) in [6, 6.07) is 18.7. The maximum absolute atomic E-state index is 11.8. The smallest absolute Gasteiger partial charge is 0.407 e. The Balaban J connectivity index is 1.39. The molecule has 3 rings (SSSR count). The summed E-state index contributed by atoms with van der Waals surface area (Å²) < 4.78 is 16.4. The third kappa shape index (κ3) is 7.02. The first-order valence-electron chi connectivity index (χ1n) is 10.3. The van der Waals surface area contributed by atoms with Crippen LogP contribution in [-0.2, 0) is 27.4 Å². The van der Waals surface area contributed by atoms with E-state index < -0.39 is 36.8 Å². The van der Waals surface area contributed by atoms with E-state index in [2.05, 4.69) is 5.32 Å². The van der Waals surface area contributed by atoms with Crippen LogP contribution in [0.25, 0.3) is 0 Å². The van der Waals surface area contributed by atoms with Gasteiger partial charge in [0.2, 0.25) is 0 Å². The lowest BCUT2D eigenvalue weighted by Crippen LogP contribution is -2.58. The average molecular weight is 431 g/mol. The minimum atomic E-state index is -1.39. The maximum atomic E-state index is 11.8. The molecule has 168 valence electrons. The van der Waals surface area contributed by atoms with Gasteiger partial charge < -0.3 is 34.8 Å². The Morgan fingerprint density at radius 3 is 2.13 bits per heavy atom. The zero-order valence-corrected chi connectivity index (χ0v) is 17.2. The second kappa shape index (κ2) is 11.8. The monoisotopic (exact) mass is 431 g/mol. The van der Waals surface area contributed by atoms with E-state index in [0.29, 0.717) is 19.4 Å². The van der Waals surface area contributed by atoms with Crippen LogP contribution in [0.2, 0.25) is 0 Å². The van der Waals surface area contributed by atoms with Crippen LogP contribution >= 0.6 is 0 Å². The summed E-state index contributed by atoms with van der Waals surface area (Å²) in [5.74, 6) is 0. The minimum Gasteiger partial charge on any atom is -0.445 e. The molecule has 0 spiro atoms. The molecule has 2 aromatic rings. The van der Waals surface area contributed by atoms with E-state index in [1.54, 1.807) is 0 Å². The second-order valence-corrected chi connectivity index (χ2v) is 7.44. The SMILES string of the molecule is O=C(NCCC[C@H]1O[C@H](OCc2ccccc2)[C@@H](O)[C@@H](O)[C@@H]1O)OCc1ccccc1. The van der Waals surface area contributed by atoms with Crippen LogP contribution in [-0.4, -0.2) is 58.7 Å². The Hall–Kier alpha value is -2.49. The van der Waals surface area contributed by atoms with Gasteiger partial charge in [0.05, 0.1) is 12.7 Å². The molecule has 8 heteroatoms. The molecule has 4 N–H and O–H groups in total. The van der Waals surface area contributed by atoms with Crippen molar-refractivity contribution in [1.29, 1.82) is 0 Å². The topological polar surface area (TPSA) is 117 Å². The Morgan fingerprint density at radius 1 is 0.871 bits per heavy atom.